The highest BCUT2D eigenvalue weighted by atomic mass is 16.5. The summed E-state index contributed by atoms with van der Waals surface area (Å²) in [7, 11) is 0. The molecule has 6 nitrogen and oxygen atoms in total. The van der Waals surface area contributed by atoms with Gasteiger partial charge >= 0.3 is 5.97 Å². The number of nitrogens with zero attached hydrogens (tertiary/aromatic N) is 2. The van der Waals surface area contributed by atoms with Gasteiger partial charge in [0.05, 0.1) is 17.9 Å². The minimum atomic E-state index is -1.22. The Balaban J connectivity index is 2.05. The second-order valence-electron chi connectivity index (χ2n) is 5.87. The van der Waals surface area contributed by atoms with Crippen LogP contribution >= 0.6 is 0 Å². The molecule has 1 N–H and O–H groups in total. The quantitative estimate of drug-likeness (QED) is 0.933. The van der Waals surface area contributed by atoms with E-state index < -0.39 is 11.4 Å². The van der Waals surface area contributed by atoms with Crippen molar-refractivity contribution in [3.63, 3.8) is 0 Å². The molecule has 2 aromatic heterocycles. The first-order valence-corrected chi connectivity index (χ1v) is 7.53. The zero-order valence-corrected chi connectivity index (χ0v) is 12.9. The zero-order chi connectivity index (χ0) is 16.4. The average Bonchev–Trinajstić information content (AvgIpc) is 3.02. The van der Waals surface area contributed by atoms with Crippen molar-refractivity contribution in [3.8, 4) is 11.3 Å². The molecule has 0 spiro atoms. The van der Waals surface area contributed by atoms with E-state index in [-0.39, 0.29) is 5.56 Å². The van der Waals surface area contributed by atoms with Crippen LogP contribution in [-0.2, 0) is 11.3 Å². The summed E-state index contributed by atoms with van der Waals surface area (Å²) in [5, 5.41) is 9.31. The summed E-state index contributed by atoms with van der Waals surface area (Å²) in [4.78, 5) is 28.1. The third-order valence-corrected chi connectivity index (χ3v) is 3.99. The van der Waals surface area contributed by atoms with Crippen molar-refractivity contribution in [1.29, 1.82) is 0 Å². The summed E-state index contributed by atoms with van der Waals surface area (Å²) in [6.45, 7) is 3.91. The molecule has 1 saturated heterocycles. The molecule has 3 rings (SSSR count). The maximum atomic E-state index is 12.4. The van der Waals surface area contributed by atoms with Gasteiger partial charge in [-0.2, -0.15) is 0 Å². The first-order valence-electron chi connectivity index (χ1n) is 7.53. The summed E-state index contributed by atoms with van der Waals surface area (Å²) >= 11 is 0. The Kier molecular flexibility index (Phi) is 4.25. The number of hydrogen-bond acceptors (Lipinski definition) is 4. The first kappa shape index (κ1) is 15.4. The standard InChI is InChI=1S/C17H18N2O4/c1-11-2-3-15(18-6-11)13-8-19(7-12-4-5-23-10-12)9-14(16(13)20)17(21)22/h2-3,6,8-9,12H,4-5,7,10H2,1H3,(H,21,22). The lowest BCUT2D eigenvalue weighted by molar-refractivity contribution is 0.0694. The van der Waals surface area contributed by atoms with Gasteiger partial charge in [-0.1, -0.05) is 6.07 Å². The summed E-state index contributed by atoms with van der Waals surface area (Å²) in [5.41, 5.74) is 1.03. The van der Waals surface area contributed by atoms with Crippen LogP contribution in [0.15, 0.2) is 35.5 Å². The van der Waals surface area contributed by atoms with Gasteiger partial charge < -0.3 is 14.4 Å². The van der Waals surface area contributed by atoms with Crippen LogP contribution in [0.5, 0.6) is 0 Å². The van der Waals surface area contributed by atoms with Gasteiger partial charge in [0.1, 0.15) is 5.56 Å². The summed E-state index contributed by atoms with van der Waals surface area (Å²) in [5.74, 6) is -0.890. The van der Waals surface area contributed by atoms with Crippen molar-refractivity contribution in [3.05, 3.63) is 52.1 Å². The van der Waals surface area contributed by atoms with E-state index in [2.05, 4.69) is 4.98 Å². The summed E-state index contributed by atoms with van der Waals surface area (Å²) in [6, 6.07) is 3.59. The van der Waals surface area contributed by atoms with Crippen LogP contribution in [0.4, 0.5) is 0 Å². The second-order valence-corrected chi connectivity index (χ2v) is 5.87. The fraction of sp³-hybridized carbons (Fsp3) is 0.353. The van der Waals surface area contributed by atoms with Crippen molar-refractivity contribution in [2.75, 3.05) is 13.2 Å². The van der Waals surface area contributed by atoms with Crippen LogP contribution in [0.2, 0.25) is 0 Å². The Morgan fingerprint density at radius 2 is 2.26 bits per heavy atom. The van der Waals surface area contributed by atoms with Gasteiger partial charge in [-0.25, -0.2) is 4.79 Å². The molecule has 3 heterocycles. The molecular formula is C17H18N2O4. The number of rotatable bonds is 4. The molecular weight excluding hydrogens is 296 g/mol. The lowest BCUT2D eigenvalue weighted by atomic mass is 10.1. The molecule has 0 aromatic carbocycles. The molecule has 1 unspecified atom stereocenters. The van der Waals surface area contributed by atoms with Gasteiger partial charge in [0, 0.05) is 37.7 Å². The summed E-state index contributed by atoms with van der Waals surface area (Å²) in [6.07, 6.45) is 5.69. The predicted molar refractivity (Wildman–Crippen MR) is 84.6 cm³/mol. The molecule has 0 amide bonds. The molecule has 6 heteroatoms. The molecule has 23 heavy (non-hydrogen) atoms. The number of aromatic nitrogens is 2. The van der Waals surface area contributed by atoms with Gasteiger partial charge in [0.2, 0.25) is 5.43 Å². The smallest absolute Gasteiger partial charge is 0.341 e. The van der Waals surface area contributed by atoms with Crippen molar-refractivity contribution in [2.24, 2.45) is 5.92 Å². The third-order valence-electron chi connectivity index (χ3n) is 3.99. The Morgan fingerprint density at radius 1 is 1.43 bits per heavy atom. The van der Waals surface area contributed by atoms with E-state index in [0.717, 1.165) is 18.6 Å². The minimum absolute atomic E-state index is 0.233. The molecule has 1 aliphatic heterocycles. The monoisotopic (exact) mass is 314 g/mol. The second kappa shape index (κ2) is 6.34. The molecule has 2 aromatic rings. The van der Waals surface area contributed by atoms with E-state index in [0.29, 0.717) is 30.3 Å². The van der Waals surface area contributed by atoms with Crippen LogP contribution in [0.1, 0.15) is 22.3 Å². The highest BCUT2D eigenvalue weighted by Gasteiger charge is 2.19. The molecule has 0 bridgehead atoms. The van der Waals surface area contributed by atoms with Gasteiger partial charge in [-0.05, 0) is 25.0 Å². The van der Waals surface area contributed by atoms with Gasteiger partial charge in [-0.15, -0.1) is 0 Å². The third kappa shape index (κ3) is 3.32. The Labute approximate surface area is 133 Å². The average molecular weight is 314 g/mol. The van der Waals surface area contributed by atoms with Gasteiger partial charge in [0.15, 0.2) is 0 Å². The van der Waals surface area contributed by atoms with E-state index in [9.17, 15) is 14.7 Å². The van der Waals surface area contributed by atoms with Gasteiger partial charge in [0.25, 0.3) is 0 Å². The van der Waals surface area contributed by atoms with Crippen LogP contribution < -0.4 is 5.43 Å². The normalized spacial score (nSPS) is 17.3. The van der Waals surface area contributed by atoms with E-state index in [1.807, 2.05) is 13.0 Å². The fourth-order valence-corrected chi connectivity index (χ4v) is 2.72. The maximum absolute atomic E-state index is 12.4. The largest absolute Gasteiger partial charge is 0.477 e. The van der Waals surface area contributed by atoms with Crippen LogP contribution in [0.25, 0.3) is 11.3 Å². The maximum Gasteiger partial charge on any atom is 0.341 e. The molecule has 1 aliphatic rings. The first-order chi connectivity index (χ1) is 11.0. The number of carbonyl (C=O) groups is 1. The lowest BCUT2D eigenvalue weighted by Gasteiger charge is -2.14. The molecule has 1 atom stereocenters. The fourth-order valence-electron chi connectivity index (χ4n) is 2.72. The number of hydrogen-bond donors (Lipinski definition) is 1. The van der Waals surface area contributed by atoms with E-state index in [1.165, 1.54) is 6.20 Å². The van der Waals surface area contributed by atoms with Gasteiger partial charge in [-0.3, -0.25) is 9.78 Å². The molecule has 0 saturated carbocycles. The topological polar surface area (TPSA) is 81.4 Å². The molecule has 120 valence electrons. The number of aryl methyl sites for hydroxylation is 1. The van der Waals surface area contributed by atoms with Crippen molar-refractivity contribution >= 4 is 5.97 Å². The highest BCUT2D eigenvalue weighted by molar-refractivity contribution is 5.88. The highest BCUT2D eigenvalue weighted by Crippen LogP contribution is 2.18. The minimum Gasteiger partial charge on any atom is -0.477 e. The predicted octanol–water partition coefficient (Wildman–Crippen LogP) is 1.95. The van der Waals surface area contributed by atoms with Crippen molar-refractivity contribution in [1.82, 2.24) is 9.55 Å². The number of ether oxygens (including phenoxy) is 1. The molecule has 0 aliphatic carbocycles. The Bertz CT molecular complexity index is 774. The number of carboxylic acid groups (broad SMARTS) is 1. The SMILES string of the molecule is Cc1ccc(-c2cn(CC3CCOC3)cc(C(=O)O)c2=O)nc1. The lowest BCUT2D eigenvalue weighted by Crippen LogP contribution is -2.22. The van der Waals surface area contributed by atoms with Crippen LogP contribution in [0, 0.1) is 12.8 Å². The zero-order valence-electron chi connectivity index (χ0n) is 12.9. The number of carboxylic acids is 1. The van der Waals surface area contributed by atoms with Crippen molar-refractivity contribution in [2.45, 2.75) is 19.9 Å². The Hall–Kier alpha value is -2.47. The van der Waals surface area contributed by atoms with E-state index in [4.69, 9.17) is 4.74 Å². The number of pyridine rings is 2. The molecule has 1 fully saturated rings. The van der Waals surface area contributed by atoms with Crippen molar-refractivity contribution < 1.29 is 14.6 Å². The summed E-state index contributed by atoms with van der Waals surface area (Å²) < 4.78 is 7.12. The van der Waals surface area contributed by atoms with E-state index >= 15 is 0 Å². The Morgan fingerprint density at radius 3 is 2.87 bits per heavy atom. The number of aromatic carboxylic acids is 1. The van der Waals surface area contributed by atoms with Crippen LogP contribution in [0.3, 0.4) is 0 Å². The molecule has 0 radical (unpaired) electrons. The van der Waals surface area contributed by atoms with Crippen LogP contribution in [-0.4, -0.2) is 33.8 Å². The van der Waals surface area contributed by atoms with E-state index in [1.54, 1.807) is 23.0 Å².